The molecule has 0 fully saturated rings. The third kappa shape index (κ3) is 2.29. The quantitative estimate of drug-likeness (QED) is 0.886. The summed E-state index contributed by atoms with van der Waals surface area (Å²) in [5.74, 6) is -0.731. The van der Waals surface area contributed by atoms with Gasteiger partial charge in [0, 0.05) is 11.3 Å². The summed E-state index contributed by atoms with van der Waals surface area (Å²) in [5, 5.41) is 8.05. The average molecular weight is 285 g/mol. The molecule has 2 rings (SSSR count). The zero-order valence-electron chi connectivity index (χ0n) is 9.72. The van der Waals surface area contributed by atoms with Crippen LogP contribution in [0.5, 0.6) is 0 Å². The topological polar surface area (TPSA) is 91.9 Å². The monoisotopic (exact) mass is 285 g/mol. The Hall–Kier alpha value is -1.67. The van der Waals surface area contributed by atoms with Crippen LogP contribution in [-0.4, -0.2) is 24.5 Å². The lowest BCUT2D eigenvalue weighted by Crippen LogP contribution is -2.30. The van der Waals surface area contributed by atoms with Crippen molar-refractivity contribution < 1.29 is 13.2 Å². The summed E-state index contributed by atoms with van der Waals surface area (Å²) in [4.78, 5) is 11.8. The first-order valence-corrected chi connectivity index (χ1v) is 7.40. The lowest BCUT2D eigenvalue weighted by Gasteiger charge is -2.03. The highest BCUT2D eigenvalue weighted by molar-refractivity contribution is 7.92. The van der Waals surface area contributed by atoms with Crippen LogP contribution in [0.1, 0.15) is 21.7 Å². The molecule has 0 aliphatic carbocycles. The molecule has 0 bridgehead atoms. The van der Waals surface area contributed by atoms with Crippen molar-refractivity contribution in [1.29, 1.82) is 0 Å². The van der Waals surface area contributed by atoms with Crippen molar-refractivity contribution in [2.45, 2.75) is 18.1 Å². The van der Waals surface area contributed by atoms with Crippen molar-refractivity contribution in [3.05, 3.63) is 34.5 Å². The molecule has 2 heterocycles. The second-order valence-electron chi connectivity index (χ2n) is 3.69. The molecular weight excluding hydrogens is 274 g/mol. The number of thiophene rings is 1. The van der Waals surface area contributed by atoms with Crippen LogP contribution in [0.25, 0.3) is 0 Å². The summed E-state index contributed by atoms with van der Waals surface area (Å²) < 4.78 is 25.8. The molecule has 1 amide bonds. The van der Waals surface area contributed by atoms with Gasteiger partial charge in [0.2, 0.25) is 0 Å². The maximum atomic E-state index is 11.8. The van der Waals surface area contributed by atoms with E-state index < -0.39 is 15.9 Å². The molecule has 0 atom stereocenters. The first kappa shape index (κ1) is 12.8. The molecular formula is C10H11N3O3S2. The normalized spacial score (nSPS) is 11.4. The summed E-state index contributed by atoms with van der Waals surface area (Å²) in [7, 11) is -3.81. The third-order valence-corrected chi connectivity index (χ3v) is 5.18. The Bertz CT molecular complexity index is 671. The van der Waals surface area contributed by atoms with Crippen LogP contribution in [0, 0.1) is 13.8 Å². The van der Waals surface area contributed by atoms with Gasteiger partial charge in [-0.2, -0.15) is 5.10 Å². The van der Waals surface area contributed by atoms with Crippen LogP contribution in [-0.2, 0) is 10.0 Å². The van der Waals surface area contributed by atoms with E-state index in [1.54, 1.807) is 25.3 Å². The Morgan fingerprint density at radius 2 is 2.17 bits per heavy atom. The minimum Gasteiger partial charge on any atom is -0.282 e. The third-order valence-electron chi connectivity index (χ3n) is 2.46. The fraction of sp³-hybridized carbons (Fsp3) is 0.200. The van der Waals surface area contributed by atoms with Crippen molar-refractivity contribution in [1.82, 2.24) is 14.9 Å². The summed E-state index contributed by atoms with van der Waals surface area (Å²) in [5.41, 5.74) is 1.45. The molecule has 0 radical (unpaired) electrons. The van der Waals surface area contributed by atoms with E-state index in [1.807, 2.05) is 4.72 Å². The van der Waals surface area contributed by atoms with Crippen LogP contribution in [0.4, 0.5) is 0 Å². The highest BCUT2D eigenvalue weighted by Crippen LogP contribution is 2.16. The van der Waals surface area contributed by atoms with Crippen LogP contribution in [0.3, 0.4) is 0 Å². The van der Waals surface area contributed by atoms with Crippen molar-refractivity contribution >= 4 is 27.3 Å². The largest absolute Gasteiger partial charge is 0.285 e. The highest BCUT2D eigenvalue weighted by Gasteiger charge is 2.22. The Kier molecular flexibility index (Phi) is 3.22. The van der Waals surface area contributed by atoms with E-state index in [0.29, 0.717) is 5.56 Å². The Morgan fingerprint density at radius 1 is 1.44 bits per heavy atom. The van der Waals surface area contributed by atoms with Gasteiger partial charge in [-0.1, -0.05) is 6.07 Å². The first-order valence-electron chi connectivity index (χ1n) is 5.04. The average Bonchev–Trinajstić information content (AvgIpc) is 2.90. The SMILES string of the molecule is Cc1[nH]nc(C(=O)NS(=O)(=O)c2cccs2)c1C. The number of H-pyrrole nitrogens is 1. The maximum absolute atomic E-state index is 11.8. The Balaban J connectivity index is 2.26. The molecule has 0 unspecified atom stereocenters. The van der Waals surface area contributed by atoms with Crippen LogP contribution in [0.15, 0.2) is 21.7 Å². The molecule has 0 aromatic carbocycles. The van der Waals surface area contributed by atoms with Gasteiger partial charge >= 0.3 is 0 Å². The fourth-order valence-electron chi connectivity index (χ4n) is 1.34. The molecule has 2 aromatic heterocycles. The molecule has 0 aliphatic rings. The van der Waals surface area contributed by atoms with E-state index in [4.69, 9.17) is 0 Å². The number of aryl methyl sites for hydroxylation is 1. The Morgan fingerprint density at radius 3 is 2.67 bits per heavy atom. The molecule has 96 valence electrons. The van der Waals surface area contributed by atoms with Gasteiger partial charge in [0.05, 0.1) is 0 Å². The van der Waals surface area contributed by atoms with Crippen molar-refractivity contribution in [3.63, 3.8) is 0 Å². The number of nitrogens with one attached hydrogen (secondary N) is 2. The van der Waals surface area contributed by atoms with Gasteiger partial charge in [0.25, 0.3) is 15.9 Å². The van der Waals surface area contributed by atoms with Gasteiger partial charge in [-0.05, 0) is 25.3 Å². The molecule has 18 heavy (non-hydrogen) atoms. The molecule has 2 aromatic rings. The molecule has 0 saturated carbocycles. The van der Waals surface area contributed by atoms with Crippen LogP contribution in [0.2, 0.25) is 0 Å². The number of carbonyl (C=O) groups is 1. The van der Waals surface area contributed by atoms with Gasteiger partial charge in [-0.3, -0.25) is 9.89 Å². The number of aromatic amines is 1. The van der Waals surface area contributed by atoms with E-state index in [1.165, 1.54) is 6.07 Å². The zero-order chi connectivity index (χ0) is 13.3. The smallest absolute Gasteiger partial charge is 0.282 e. The number of aromatic nitrogens is 2. The van der Waals surface area contributed by atoms with E-state index in [9.17, 15) is 13.2 Å². The molecule has 2 N–H and O–H groups in total. The van der Waals surface area contributed by atoms with Gasteiger partial charge in [-0.25, -0.2) is 13.1 Å². The van der Waals surface area contributed by atoms with E-state index in [2.05, 4.69) is 10.2 Å². The second kappa shape index (κ2) is 4.54. The van der Waals surface area contributed by atoms with E-state index in [-0.39, 0.29) is 9.90 Å². The van der Waals surface area contributed by atoms with Crippen molar-refractivity contribution in [3.8, 4) is 0 Å². The summed E-state index contributed by atoms with van der Waals surface area (Å²) in [6.45, 7) is 3.46. The number of sulfonamides is 1. The van der Waals surface area contributed by atoms with E-state index >= 15 is 0 Å². The van der Waals surface area contributed by atoms with Gasteiger partial charge in [0.15, 0.2) is 5.69 Å². The number of rotatable bonds is 3. The van der Waals surface area contributed by atoms with Gasteiger partial charge < -0.3 is 0 Å². The minimum absolute atomic E-state index is 0.0904. The number of amides is 1. The zero-order valence-corrected chi connectivity index (χ0v) is 11.4. The lowest BCUT2D eigenvalue weighted by molar-refractivity contribution is 0.0976. The van der Waals surface area contributed by atoms with Gasteiger partial charge in [-0.15, -0.1) is 11.3 Å². The minimum atomic E-state index is -3.81. The summed E-state index contributed by atoms with van der Waals surface area (Å²) >= 11 is 1.05. The molecule has 0 aliphatic heterocycles. The Labute approximate surface area is 108 Å². The van der Waals surface area contributed by atoms with Crippen LogP contribution < -0.4 is 4.72 Å². The number of hydrogen-bond donors (Lipinski definition) is 2. The first-order chi connectivity index (χ1) is 8.42. The molecule has 6 nitrogen and oxygen atoms in total. The lowest BCUT2D eigenvalue weighted by atomic mass is 10.2. The fourth-order valence-corrected chi connectivity index (χ4v) is 3.29. The molecule has 8 heteroatoms. The summed E-state index contributed by atoms with van der Waals surface area (Å²) in [6.07, 6.45) is 0. The van der Waals surface area contributed by atoms with Crippen LogP contribution >= 0.6 is 11.3 Å². The predicted molar refractivity (Wildman–Crippen MR) is 67.0 cm³/mol. The number of hydrogen-bond acceptors (Lipinski definition) is 5. The maximum Gasteiger partial charge on any atom is 0.285 e. The van der Waals surface area contributed by atoms with E-state index in [0.717, 1.165) is 17.0 Å². The number of nitrogens with zero attached hydrogens (tertiary/aromatic N) is 1. The van der Waals surface area contributed by atoms with Crippen molar-refractivity contribution in [2.75, 3.05) is 0 Å². The molecule has 0 saturated heterocycles. The second-order valence-corrected chi connectivity index (χ2v) is 6.55. The summed E-state index contributed by atoms with van der Waals surface area (Å²) in [6, 6.07) is 3.04. The van der Waals surface area contributed by atoms with Crippen molar-refractivity contribution in [2.24, 2.45) is 0 Å². The molecule has 0 spiro atoms. The number of carbonyl (C=O) groups excluding carboxylic acids is 1. The van der Waals surface area contributed by atoms with Gasteiger partial charge in [0.1, 0.15) is 4.21 Å². The predicted octanol–water partition coefficient (Wildman–Crippen LogP) is 1.21. The standard InChI is InChI=1S/C10H11N3O3S2/c1-6-7(2)11-12-9(6)10(14)13-18(15,16)8-4-3-5-17-8/h3-5H,1-2H3,(H,11,12)(H,13,14). The highest BCUT2D eigenvalue weighted by atomic mass is 32.2.